The molecule has 212 valence electrons. The van der Waals surface area contributed by atoms with Crippen molar-refractivity contribution >= 4 is 46.0 Å². The van der Waals surface area contributed by atoms with Gasteiger partial charge in [-0.1, -0.05) is 54.3 Å². The number of nitrogens with zero attached hydrogens (tertiary/aromatic N) is 2. The van der Waals surface area contributed by atoms with E-state index in [0.29, 0.717) is 59.9 Å². The average molecular weight is 576 g/mol. The summed E-state index contributed by atoms with van der Waals surface area (Å²) in [4.78, 5) is 29.1. The zero-order valence-corrected chi connectivity index (χ0v) is 25.0. The molecule has 0 atom stereocenters. The van der Waals surface area contributed by atoms with E-state index >= 15 is 0 Å². The highest BCUT2D eigenvalue weighted by Crippen LogP contribution is 2.45. The third-order valence-corrected chi connectivity index (χ3v) is 7.47. The Morgan fingerprint density at radius 3 is 2.13 bits per heavy atom. The topological polar surface area (TPSA) is 89.6 Å². The van der Waals surface area contributed by atoms with Gasteiger partial charge in [0.15, 0.2) is 11.5 Å². The number of carbonyl (C=O) groups excluding carboxylic acids is 2. The number of amides is 2. The van der Waals surface area contributed by atoms with E-state index in [1.807, 2.05) is 56.0 Å². The number of nitrogens with one attached hydrogen (secondary N) is 1. The predicted molar refractivity (Wildman–Crippen MR) is 158 cm³/mol. The molecule has 11 heteroatoms. The molecule has 39 heavy (non-hydrogen) atoms. The van der Waals surface area contributed by atoms with Crippen LogP contribution in [0.3, 0.4) is 0 Å². The highest BCUT2D eigenvalue weighted by molar-refractivity contribution is 8.23. The zero-order chi connectivity index (χ0) is 28.6. The molecule has 2 amide bonds. The van der Waals surface area contributed by atoms with Crippen molar-refractivity contribution in [2.24, 2.45) is 0 Å². The summed E-state index contributed by atoms with van der Waals surface area (Å²) in [6.45, 7) is 7.73. The number of thioether (sulfide) groups is 1. The van der Waals surface area contributed by atoms with Gasteiger partial charge in [0, 0.05) is 44.2 Å². The van der Waals surface area contributed by atoms with Gasteiger partial charge >= 0.3 is 6.09 Å². The second-order valence-corrected chi connectivity index (χ2v) is 11.5. The van der Waals surface area contributed by atoms with E-state index in [4.69, 9.17) is 31.2 Å². The highest BCUT2D eigenvalue weighted by Gasteiger charge is 2.27. The molecular weight excluding hydrogens is 538 g/mol. The van der Waals surface area contributed by atoms with Crippen LogP contribution in [0.4, 0.5) is 10.5 Å². The van der Waals surface area contributed by atoms with Gasteiger partial charge in [-0.15, -0.1) is 0 Å². The summed E-state index contributed by atoms with van der Waals surface area (Å²) in [6, 6.07) is 11.7. The highest BCUT2D eigenvalue weighted by atomic mass is 32.2. The molecule has 2 aromatic carbocycles. The molecule has 0 aromatic heterocycles. The Balaban J connectivity index is 1.65. The largest absolute Gasteiger partial charge is 0.493 e. The van der Waals surface area contributed by atoms with Crippen molar-refractivity contribution in [2.75, 3.05) is 58.6 Å². The van der Waals surface area contributed by atoms with Crippen LogP contribution < -0.4 is 19.5 Å². The molecule has 1 saturated heterocycles. The lowest BCUT2D eigenvalue weighted by Gasteiger charge is -2.36. The van der Waals surface area contributed by atoms with Gasteiger partial charge < -0.3 is 34.1 Å². The minimum Gasteiger partial charge on any atom is -0.493 e. The lowest BCUT2D eigenvalue weighted by molar-refractivity contribution is -0.113. The second-order valence-electron chi connectivity index (χ2n) is 9.89. The van der Waals surface area contributed by atoms with Gasteiger partial charge in [-0.25, -0.2) is 4.79 Å². The molecule has 0 spiro atoms. The number of carbonyl (C=O) groups is 2. The van der Waals surface area contributed by atoms with E-state index in [2.05, 4.69) is 5.32 Å². The van der Waals surface area contributed by atoms with Gasteiger partial charge in [0.25, 0.3) is 0 Å². The normalized spacial score (nSPS) is 13.5. The second kappa shape index (κ2) is 13.7. The Morgan fingerprint density at radius 1 is 0.949 bits per heavy atom. The molecule has 1 aliphatic heterocycles. The predicted octanol–water partition coefficient (Wildman–Crippen LogP) is 4.81. The maximum Gasteiger partial charge on any atom is 0.410 e. The standard InChI is InChI=1S/C28H37N3O6S2/c1-28(2,3)37-26(33)30-12-14-31(15-13-30)27(38)39-18-23(32)29-21-17-22(34-4)25(36-6)24(35-5)20(21)16-19-10-8-7-9-11-19/h7-11,17H,12-16,18H2,1-6H3,(H,29,32). The van der Waals surface area contributed by atoms with Crippen molar-refractivity contribution in [3.05, 3.63) is 47.5 Å². The molecule has 3 rings (SSSR count). The molecule has 2 aromatic rings. The maximum absolute atomic E-state index is 13.0. The Hall–Kier alpha value is -3.18. The van der Waals surface area contributed by atoms with Gasteiger partial charge in [-0.05, 0) is 26.3 Å². The monoisotopic (exact) mass is 575 g/mol. The van der Waals surface area contributed by atoms with Gasteiger partial charge in [0.1, 0.15) is 9.92 Å². The molecule has 9 nitrogen and oxygen atoms in total. The average Bonchev–Trinajstić information content (AvgIpc) is 2.91. The van der Waals surface area contributed by atoms with E-state index in [-0.39, 0.29) is 17.8 Å². The summed E-state index contributed by atoms with van der Waals surface area (Å²) in [6.07, 6.45) is 0.199. The van der Waals surface area contributed by atoms with Crippen molar-refractivity contribution in [2.45, 2.75) is 32.8 Å². The smallest absolute Gasteiger partial charge is 0.410 e. The summed E-state index contributed by atoms with van der Waals surface area (Å²) >= 11 is 6.88. The van der Waals surface area contributed by atoms with Gasteiger partial charge in [0.05, 0.1) is 32.8 Å². The Bertz CT molecular complexity index is 1160. The van der Waals surface area contributed by atoms with Gasteiger partial charge in [-0.2, -0.15) is 0 Å². The first-order chi connectivity index (χ1) is 18.6. The van der Waals surface area contributed by atoms with Crippen LogP contribution in [-0.4, -0.2) is 85.0 Å². The Labute approximate surface area is 240 Å². The molecule has 0 unspecified atom stereocenters. The minimum absolute atomic E-state index is 0.131. The van der Waals surface area contributed by atoms with Crippen molar-refractivity contribution in [3.63, 3.8) is 0 Å². The van der Waals surface area contributed by atoms with E-state index < -0.39 is 5.60 Å². The number of benzene rings is 2. The van der Waals surface area contributed by atoms with Crippen LogP contribution in [-0.2, 0) is 16.0 Å². The summed E-state index contributed by atoms with van der Waals surface area (Å²) in [5, 5.41) is 3.01. The number of ether oxygens (including phenoxy) is 4. The number of rotatable bonds is 8. The number of methoxy groups -OCH3 is 3. The van der Waals surface area contributed by atoms with Crippen LogP contribution in [0.2, 0.25) is 0 Å². The lowest BCUT2D eigenvalue weighted by Crippen LogP contribution is -2.50. The van der Waals surface area contributed by atoms with Crippen LogP contribution in [0.25, 0.3) is 0 Å². The third-order valence-electron chi connectivity index (χ3n) is 5.95. The maximum atomic E-state index is 13.0. The number of thiocarbonyl (C=S) groups is 1. The fourth-order valence-electron chi connectivity index (χ4n) is 4.11. The molecular formula is C28H37N3O6S2. The van der Waals surface area contributed by atoms with Crippen LogP contribution in [0.1, 0.15) is 31.9 Å². The lowest BCUT2D eigenvalue weighted by atomic mass is 10.0. The van der Waals surface area contributed by atoms with Crippen molar-refractivity contribution < 1.29 is 28.5 Å². The zero-order valence-electron chi connectivity index (χ0n) is 23.4. The summed E-state index contributed by atoms with van der Waals surface area (Å²) in [5.41, 5.74) is 1.88. The summed E-state index contributed by atoms with van der Waals surface area (Å²) < 4.78 is 22.9. The Kier molecular flexibility index (Phi) is 10.7. The van der Waals surface area contributed by atoms with Crippen LogP contribution in [0.5, 0.6) is 17.2 Å². The van der Waals surface area contributed by atoms with E-state index in [9.17, 15) is 9.59 Å². The number of piperazine rings is 1. The van der Waals surface area contributed by atoms with Crippen LogP contribution in [0, 0.1) is 0 Å². The first-order valence-corrected chi connectivity index (χ1v) is 14.0. The summed E-state index contributed by atoms with van der Waals surface area (Å²) in [7, 11) is 4.65. The molecule has 1 aliphatic rings. The molecule has 0 bridgehead atoms. The number of anilines is 1. The molecule has 1 fully saturated rings. The number of hydrogen-bond acceptors (Lipinski definition) is 8. The molecule has 1 N–H and O–H groups in total. The molecule has 1 heterocycles. The quantitative estimate of drug-likeness (QED) is 0.445. The van der Waals surface area contributed by atoms with Gasteiger partial charge in [0.2, 0.25) is 11.7 Å². The van der Waals surface area contributed by atoms with Crippen molar-refractivity contribution in [3.8, 4) is 17.2 Å². The van der Waals surface area contributed by atoms with E-state index in [0.717, 1.165) is 11.1 Å². The van der Waals surface area contributed by atoms with Crippen LogP contribution in [0.15, 0.2) is 36.4 Å². The molecule has 0 radical (unpaired) electrons. The first-order valence-electron chi connectivity index (χ1n) is 12.6. The molecule has 0 saturated carbocycles. The first kappa shape index (κ1) is 30.4. The SMILES string of the molecule is COc1cc(NC(=O)CSC(=S)N2CCN(C(=O)OC(C)(C)C)CC2)c(Cc2ccccc2)c(OC)c1OC. The summed E-state index contributed by atoms with van der Waals surface area (Å²) in [5.74, 6) is 1.34. The number of hydrogen-bond donors (Lipinski definition) is 1. The third kappa shape index (κ3) is 8.40. The minimum atomic E-state index is -0.536. The van der Waals surface area contributed by atoms with E-state index in [1.165, 1.54) is 18.9 Å². The van der Waals surface area contributed by atoms with Crippen molar-refractivity contribution in [1.82, 2.24) is 9.80 Å². The van der Waals surface area contributed by atoms with Gasteiger partial charge in [-0.3, -0.25) is 4.79 Å². The Morgan fingerprint density at radius 2 is 1.56 bits per heavy atom. The van der Waals surface area contributed by atoms with Crippen LogP contribution >= 0.6 is 24.0 Å². The fourth-order valence-corrected chi connectivity index (χ4v) is 5.16. The molecule has 0 aliphatic carbocycles. The fraction of sp³-hybridized carbons (Fsp3) is 0.464. The van der Waals surface area contributed by atoms with Crippen molar-refractivity contribution in [1.29, 1.82) is 0 Å². The van der Waals surface area contributed by atoms with E-state index in [1.54, 1.807) is 25.2 Å².